The molecule has 1 aromatic carbocycles. The second-order valence-electron chi connectivity index (χ2n) is 4.48. The van der Waals surface area contributed by atoms with E-state index in [1.54, 1.807) is 0 Å². The highest BCUT2D eigenvalue weighted by molar-refractivity contribution is 7.88. The summed E-state index contributed by atoms with van der Waals surface area (Å²) in [7, 11) is -2.82. The Morgan fingerprint density at radius 1 is 1.35 bits per heavy atom. The Morgan fingerprint density at radius 3 is 2.30 bits per heavy atom. The maximum Gasteiger partial charge on any atom is 0.307 e. The minimum Gasteiger partial charge on any atom is -0.481 e. The number of carboxylic acids is 1. The molecule has 0 heterocycles. The number of halogens is 2. The molecule has 0 saturated heterocycles. The highest BCUT2D eigenvalue weighted by atomic mass is 32.2. The maximum atomic E-state index is 13.4. The minimum absolute atomic E-state index is 0.270. The lowest BCUT2D eigenvalue weighted by Gasteiger charge is -2.19. The van der Waals surface area contributed by atoms with Gasteiger partial charge in [-0.25, -0.2) is 21.5 Å². The van der Waals surface area contributed by atoms with E-state index >= 15 is 0 Å². The van der Waals surface area contributed by atoms with Crippen molar-refractivity contribution in [2.75, 3.05) is 13.6 Å². The molecule has 0 saturated carbocycles. The van der Waals surface area contributed by atoms with Crippen molar-refractivity contribution in [3.63, 3.8) is 0 Å². The zero-order chi connectivity index (χ0) is 15.5. The van der Waals surface area contributed by atoms with E-state index in [0.717, 1.165) is 22.5 Å². The Bertz CT molecular complexity index is 583. The van der Waals surface area contributed by atoms with Gasteiger partial charge in [0.05, 0.1) is 11.7 Å². The van der Waals surface area contributed by atoms with Crippen LogP contribution in [-0.2, 0) is 20.6 Å². The first kappa shape index (κ1) is 16.5. The molecule has 0 radical (unpaired) electrons. The van der Waals surface area contributed by atoms with Crippen molar-refractivity contribution in [2.45, 2.75) is 12.7 Å². The van der Waals surface area contributed by atoms with Gasteiger partial charge in [0.15, 0.2) is 0 Å². The average Bonchev–Trinajstić information content (AvgIpc) is 2.33. The zero-order valence-electron chi connectivity index (χ0n) is 11.0. The van der Waals surface area contributed by atoms with Crippen LogP contribution in [0.1, 0.15) is 12.5 Å². The summed E-state index contributed by atoms with van der Waals surface area (Å²) in [6.07, 6.45) is 0. The monoisotopic (exact) mass is 307 g/mol. The molecule has 1 rings (SSSR count). The summed E-state index contributed by atoms with van der Waals surface area (Å²) in [4.78, 5) is 10.7. The summed E-state index contributed by atoms with van der Waals surface area (Å²) in [6.45, 7) is 1.08. The smallest absolute Gasteiger partial charge is 0.307 e. The molecule has 0 aliphatic heterocycles. The lowest BCUT2D eigenvalue weighted by Crippen LogP contribution is -2.34. The summed E-state index contributed by atoms with van der Waals surface area (Å²) < 4.78 is 51.5. The Kier molecular flexibility index (Phi) is 5.18. The third-order valence-electron chi connectivity index (χ3n) is 2.82. The third-order valence-corrected chi connectivity index (χ3v) is 4.57. The Morgan fingerprint density at radius 2 is 1.85 bits per heavy atom. The number of carbonyl (C=O) groups is 1. The number of hydrogen-bond donors (Lipinski definition) is 1. The number of hydrogen-bond acceptors (Lipinski definition) is 3. The van der Waals surface area contributed by atoms with Gasteiger partial charge in [0, 0.05) is 19.2 Å². The van der Waals surface area contributed by atoms with Crippen LogP contribution in [0, 0.1) is 17.6 Å². The van der Waals surface area contributed by atoms with Gasteiger partial charge >= 0.3 is 5.97 Å². The van der Waals surface area contributed by atoms with Gasteiger partial charge in [0.2, 0.25) is 10.0 Å². The van der Waals surface area contributed by atoms with E-state index in [2.05, 4.69) is 0 Å². The standard InChI is InChI=1S/C12H15F2NO4S/c1-8(12(16)17)6-15(2)20(18,19)7-9-10(13)4-3-5-11(9)14/h3-5,8H,6-7H2,1-2H3,(H,16,17). The molecule has 0 fully saturated rings. The fourth-order valence-electron chi connectivity index (χ4n) is 1.54. The van der Waals surface area contributed by atoms with Crippen molar-refractivity contribution >= 4 is 16.0 Å². The largest absolute Gasteiger partial charge is 0.481 e. The van der Waals surface area contributed by atoms with Crippen molar-refractivity contribution < 1.29 is 27.1 Å². The van der Waals surface area contributed by atoms with Gasteiger partial charge in [-0.05, 0) is 12.1 Å². The summed E-state index contributed by atoms with van der Waals surface area (Å²) in [5.74, 6) is -4.82. The zero-order valence-corrected chi connectivity index (χ0v) is 11.8. The predicted molar refractivity (Wildman–Crippen MR) is 68.4 cm³/mol. The third kappa shape index (κ3) is 3.97. The number of carboxylic acid groups (broad SMARTS) is 1. The normalized spacial score (nSPS) is 13.4. The van der Waals surface area contributed by atoms with Gasteiger partial charge in [-0.1, -0.05) is 13.0 Å². The number of sulfonamides is 1. The van der Waals surface area contributed by atoms with Crippen LogP contribution >= 0.6 is 0 Å². The molecule has 1 N–H and O–H groups in total. The molecule has 0 aromatic heterocycles. The maximum absolute atomic E-state index is 13.4. The molecule has 0 amide bonds. The molecule has 20 heavy (non-hydrogen) atoms. The molecule has 0 aliphatic rings. The number of benzene rings is 1. The van der Waals surface area contributed by atoms with Gasteiger partial charge in [-0.2, -0.15) is 0 Å². The van der Waals surface area contributed by atoms with Crippen LogP contribution < -0.4 is 0 Å². The van der Waals surface area contributed by atoms with E-state index < -0.39 is 44.9 Å². The fourth-order valence-corrected chi connectivity index (χ4v) is 2.85. The van der Waals surface area contributed by atoms with Gasteiger partial charge in [-0.3, -0.25) is 4.79 Å². The Balaban J connectivity index is 2.92. The quantitative estimate of drug-likeness (QED) is 0.863. The van der Waals surface area contributed by atoms with Crippen LogP contribution in [0.3, 0.4) is 0 Å². The number of rotatable bonds is 6. The molecule has 8 heteroatoms. The van der Waals surface area contributed by atoms with Crippen molar-refractivity contribution in [2.24, 2.45) is 5.92 Å². The molecule has 1 aromatic rings. The van der Waals surface area contributed by atoms with Crippen LogP contribution in [0.25, 0.3) is 0 Å². The van der Waals surface area contributed by atoms with E-state index in [-0.39, 0.29) is 6.54 Å². The van der Waals surface area contributed by atoms with Crippen LogP contribution in [0.4, 0.5) is 8.78 Å². The van der Waals surface area contributed by atoms with Crippen molar-refractivity contribution in [1.82, 2.24) is 4.31 Å². The minimum atomic E-state index is -4.00. The van der Waals surface area contributed by atoms with E-state index in [1.807, 2.05) is 0 Å². The van der Waals surface area contributed by atoms with Crippen molar-refractivity contribution in [3.8, 4) is 0 Å². The topological polar surface area (TPSA) is 74.7 Å². The van der Waals surface area contributed by atoms with E-state index in [9.17, 15) is 22.0 Å². The summed E-state index contributed by atoms with van der Waals surface area (Å²) in [5.41, 5.74) is -0.553. The number of nitrogens with zero attached hydrogens (tertiary/aromatic N) is 1. The fraction of sp³-hybridized carbons (Fsp3) is 0.417. The first-order valence-electron chi connectivity index (χ1n) is 5.75. The second kappa shape index (κ2) is 6.27. The molecule has 5 nitrogen and oxygen atoms in total. The molecule has 1 unspecified atom stereocenters. The van der Waals surface area contributed by atoms with Crippen molar-refractivity contribution in [3.05, 3.63) is 35.4 Å². The van der Waals surface area contributed by atoms with E-state index in [1.165, 1.54) is 14.0 Å². The molecule has 0 bridgehead atoms. The van der Waals surface area contributed by atoms with Gasteiger partial charge in [-0.15, -0.1) is 0 Å². The van der Waals surface area contributed by atoms with Crippen LogP contribution in [0.5, 0.6) is 0 Å². The Labute approximate surface area is 115 Å². The average molecular weight is 307 g/mol. The predicted octanol–water partition coefficient (Wildman–Crippen LogP) is 1.45. The SMILES string of the molecule is CC(CN(C)S(=O)(=O)Cc1c(F)cccc1F)C(=O)O. The van der Waals surface area contributed by atoms with Crippen LogP contribution in [0.2, 0.25) is 0 Å². The van der Waals surface area contributed by atoms with Gasteiger partial charge < -0.3 is 5.11 Å². The van der Waals surface area contributed by atoms with E-state index in [4.69, 9.17) is 5.11 Å². The first-order valence-corrected chi connectivity index (χ1v) is 7.35. The van der Waals surface area contributed by atoms with E-state index in [0.29, 0.717) is 0 Å². The van der Waals surface area contributed by atoms with Gasteiger partial charge in [0.1, 0.15) is 11.6 Å². The molecule has 0 spiro atoms. The highest BCUT2D eigenvalue weighted by Crippen LogP contribution is 2.17. The van der Waals surface area contributed by atoms with Gasteiger partial charge in [0.25, 0.3) is 0 Å². The lowest BCUT2D eigenvalue weighted by atomic mass is 10.2. The molecule has 112 valence electrons. The lowest BCUT2D eigenvalue weighted by molar-refractivity contribution is -0.141. The molecular formula is C12H15F2NO4S. The highest BCUT2D eigenvalue weighted by Gasteiger charge is 2.25. The molecule has 1 atom stereocenters. The van der Waals surface area contributed by atoms with Crippen LogP contribution in [-0.4, -0.2) is 37.4 Å². The number of aliphatic carboxylic acids is 1. The summed E-state index contributed by atoms with van der Waals surface area (Å²) in [5, 5.41) is 8.73. The molecular weight excluding hydrogens is 292 g/mol. The Hall–Kier alpha value is -1.54. The molecule has 0 aliphatic carbocycles. The van der Waals surface area contributed by atoms with Crippen molar-refractivity contribution in [1.29, 1.82) is 0 Å². The summed E-state index contributed by atoms with van der Waals surface area (Å²) >= 11 is 0. The second-order valence-corrected chi connectivity index (χ2v) is 6.55. The first-order chi connectivity index (χ1) is 9.15. The summed E-state index contributed by atoms with van der Waals surface area (Å²) in [6, 6.07) is 3.07. The van der Waals surface area contributed by atoms with Crippen LogP contribution in [0.15, 0.2) is 18.2 Å².